The van der Waals surface area contributed by atoms with Gasteiger partial charge in [0, 0.05) is 10.3 Å². The Kier molecular flexibility index (Phi) is 8.08. The van der Waals surface area contributed by atoms with Gasteiger partial charge in [0.2, 0.25) is 0 Å². The number of hydrogen-bond acceptors (Lipinski definition) is 3. The number of thioether (sulfide) groups is 1. The predicted octanol–water partition coefficient (Wildman–Crippen LogP) is 9.01. The molecule has 0 radical (unpaired) electrons. The zero-order valence-corrected chi connectivity index (χ0v) is 22.7. The second-order valence-electron chi connectivity index (χ2n) is 11.5. The molecule has 0 aliphatic carbocycles. The third-order valence-electron chi connectivity index (χ3n) is 6.67. The number of benzene rings is 2. The van der Waals surface area contributed by atoms with Gasteiger partial charge in [-0.1, -0.05) is 86.9 Å². The number of phenols is 2. The van der Waals surface area contributed by atoms with E-state index in [1.807, 2.05) is 12.1 Å². The molecule has 0 saturated carbocycles. The molecule has 0 aliphatic heterocycles. The van der Waals surface area contributed by atoms with Crippen LogP contribution in [0, 0.1) is 0 Å². The molecular formula is C29H44O2S. The van der Waals surface area contributed by atoms with E-state index in [1.54, 1.807) is 11.8 Å². The van der Waals surface area contributed by atoms with Gasteiger partial charge < -0.3 is 10.2 Å². The van der Waals surface area contributed by atoms with E-state index in [9.17, 15) is 10.2 Å². The highest BCUT2D eigenvalue weighted by Crippen LogP contribution is 2.52. The summed E-state index contributed by atoms with van der Waals surface area (Å²) in [6, 6.07) is 10.3. The van der Waals surface area contributed by atoms with Gasteiger partial charge in [-0.05, 0) is 65.3 Å². The molecular weight excluding hydrogens is 412 g/mol. The van der Waals surface area contributed by atoms with Gasteiger partial charge in [0.05, 0.1) is 4.90 Å². The first-order chi connectivity index (χ1) is 14.6. The van der Waals surface area contributed by atoms with Crippen LogP contribution >= 0.6 is 11.8 Å². The normalized spacial score (nSPS) is 15.4. The zero-order chi connectivity index (χ0) is 24.5. The maximum atomic E-state index is 11.4. The molecule has 0 heterocycles. The van der Waals surface area contributed by atoms with Crippen molar-refractivity contribution in [2.45, 2.75) is 115 Å². The average Bonchev–Trinajstić information content (AvgIpc) is 2.68. The van der Waals surface area contributed by atoms with Crippen molar-refractivity contribution in [3.63, 3.8) is 0 Å². The van der Waals surface area contributed by atoms with Crippen molar-refractivity contribution in [2.75, 3.05) is 0 Å². The Balaban J connectivity index is 2.66. The highest BCUT2D eigenvalue weighted by Gasteiger charge is 2.33. The number of aromatic hydroxyl groups is 2. The van der Waals surface area contributed by atoms with Crippen molar-refractivity contribution in [2.24, 2.45) is 0 Å². The first kappa shape index (κ1) is 26.6. The highest BCUT2D eigenvalue weighted by atomic mass is 32.2. The summed E-state index contributed by atoms with van der Waals surface area (Å²) in [6.45, 7) is 22.0. The van der Waals surface area contributed by atoms with Gasteiger partial charge in [-0.25, -0.2) is 0 Å². The van der Waals surface area contributed by atoms with Gasteiger partial charge in [-0.2, -0.15) is 0 Å². The molecule has 32 heavy (non-hydrogen) atoms. The molecule has 0 spiro atoms. The summed E-state index contributed by atoms with van der Waals surface area (Å²) >= 11 is 1.67. The minimum absolute atomic E-state index is 0.00118. The molecule has 2 unspecified atom stereocenters. The molecule has 0 bridgehead atoms. The van der Waals surface area contributed by atoms with Crippen LogP contribution in [0.5, 0.6) is 11.5 Å². The van der Waals surface area contributed by atoms with Crippen LogP contribution in [0.1, 0.15) is 117 Å². The summed E-state index contributed by atoms with van der Waals surface area (Å²) in [6.07, 6.45) is 2.96. The van der Waals surface area contributed by atoms with Crippen molar-refractivity contribution in [1.82, 2.24) is 0 Å². The molecule has 2 aromatic carbocycles. The molecule has 2 aromatic rings. The van der Waals surface area contributed by atoms with E-state index in [2.05, 4.69) is 87.4 Å². The minimum Gasteiger partial charge on any atom is -0.508 e. The summed E-state index contributed by atoms with van der Waals surface area (Å²) in [5, 5.41) is 22.2. The lowest BCUT2D eigenvalue weighted by Crippen LogP contribution is -2.19. The summed E-state index contributed by atoms with van der Waals surface area (Å²) in [5.41, 5.74) is 4.39. The average molecular weight is 457 g/mol. The molecule has 0 saturated heterocycles. The Labute approximate surface area is 200 Å². The lowest BCUT2D eigenvalue weighted by molar-refractivity contribution is 0.442. The quantitative estimate of drug-likeness (QED) is 0.408. The maximum Gasteiger partial charge on any atom is 0.132 e. The number of rotatable bonds is 7. The monoisotopic (exact) mass is 456 g/mol. The Hall–Kier alpha value is -1.61. The molecule has 2 N–H and O–H groups in total. The van der Waals surface area contributed by atoms with Crippen molar-refractivity contribution in [3.05, 3.63) is 52.6 Å². The zero-order valence-electron chi connectivity index (χ0n) is 21.9. The van der Waals surface area contributed by atoms with Crippen molar-refractivity contribution in [3.8, 4) is 11.5 Å². The van der Waals surface area contributed by atoms with E-state index in [-0.39, 0.29) is 15.6 Å². The van der Waals surface area contributed by atoms with E-state index >= 15 is 0 Å². The number of hydrogen-bond donors (Lipinski definition) is 2. The summed E-state index contributed by atoms with van der Waals surface area (Å²) in [7, 11) is 0. The van der Waals surface area contributed by atoms with E-state index in [0.29, 0.717) is 17.4 Å². The lowest BCUT2D eigenvalue weighted by atomic mass is 9.83. The summed E-state index contributed by atoms with van der Waals surface area (Å²) in [4.78, 5) is 0.903. The Morgan fingerprint density at radius 1 is 0.844 bits per heavy atom. The van der Waals surface area contributed by atoms with E-state index in [0.717, 1.165) is 35.3 Å². The molecule has 3 heteroatoms. The number of phenolic OH excluding ortho intramolecular Hbond substituents is 2. The van der Waals surface area contributed by atoms with Gasteiger partial charge in [0.15, 0.2) is 0 Å². The fourth-order valence-electron chi connectivity index (χ4n) is 4.09. The summed E-state index contributed by atoms with van der Waals surface area (Å²) in [5.74, 6) is 1.02. The molecule has 0 aliphatic rings. The SMILES string of the molecule is CCCC(C)c1cc(C(C)(C)C)cc(SC(C)(CC)c2cc(C(C)(C)C)ccc2O)c1O. The van der Waals surface area contributed by atoms with Gasteiger partial charge >= 0.3 is 0 Å². The van der Waals surface area contributed by atoms with Gasteiger partial charge in [-0.15, -0.1) is 11.8 Å². The molecule has 0 aromatic heterocycles. The van der Waals surface area contributed by atoms with Crippen molar-refractivity contribution < 1.29 is 10.2 Å². The lowest BCUT2D eigenvalue weighted by Gasteiger charge is -2.32. The van der Waals surface area contributed by atoms with Crippen molar-refractivity contribution in [1.29, 1.82) is 0 Å². The third kappa shape index (κ3) is 5.84. The summed E-state index contributed by atoms with van der Waals surface area (Å²) < 4.78 is -0.370. The molecule has 2 atom stereocenters. The smallest absolute Gasteiger partial charge is 0.132 e. The van der Waals surface area contributed by atoms with Crippen LogP contribution in [0.3, 0.4) is 0 Å². The first-order valence-electron chi connectivity index (χ1n) is 12.0. The first-order valence-corrected chi connectivity index (χ1v) is 12.9. The Morgan fingerprint density at radius 3 is 1.94 bits per heavy atom. The minimum atomic E-state index is -0.370. The largest absolute Gasteiger partial charge is 0.508 e. The van der Waals surface area contributed by atoms with Crippen LogP contribution in [0.25, 0.3) is 0 Å². The molecule has 0 fully saturated rings. The second-order valence-corrected chi connectivity index (χ2v) is 13.1. The van der Waals surface area contributed by atoms with Gasteiger partial charge in [-0.3, -0.25) is 0 Å². The van der Waals surface area contributed by atoms with E-state index in [4.69, 9.17) is 0 Å². The van der Waals surface area contributed by atoms with Crippen LogP contribution < -0.4 is 0 Å². The van der Waals surface area contributed by atoms with E-state index < -0.39 is 0 Å². The van der Waals surface area contributed by atoms with Crippen molar-refractivity contribution >= 4 is 11.8 Å². The fourth-order valence-corrected chi connectivity index (χ4v) is 5.39. The Morgan fingerprint density at radius 2 is 1.44 bits per heavy atom. The standard InChI is InChI=1S/C29H44O2S/c1-11-13-19(3)22-16-21(28(7,8)9)18-25(26(22)31)32-29(10,12-2)23-17-20(27(4,5)6)14-15-24(23)30/h14-19,30-31H,11-13H2,1-10H3. The van der Waals surface area contributed by atoms with Gasteiger partial charge in [0.1, 0.15) is 11.5 Å². The van der Waals surface area contributed by atoms with Crippen LogP contribution in [0.2, 0.25) is 0 Å². The predicted molar refractivity (Wildman–Crippen MR) is 140 cm³/mol. The maximum absolute atomic E-state index is 11.4. The van der Waals surface area contributed by atoms with E-state index in [1.165, 1.54) is 11.1 Å². The van der Waals surface area contributed by atoms with Gasteiger partial charge in [0.25, 0.3) is 0 Å². The highest BCUT2D eigenvalue weighted by molar-refractivity contribution is 8.00. The molecule has 178 valence electrons. The molecule has 2 nitrogen and oxygen atoms in total. The molecule has 0 amide bonds. The molecule has 2 rings (SSSR count). The third-order valence-corrected chi connectivity index (χ3v) is 8.16. The fraction of sp³-hybridized carbons (Fsp3) is 0.586. The van der Waals surface area contributed by atoms with Crippen LogP contribution in [-0.2, 0) is 15.6 Å². The topological polar surface area (TPSA) is 40.5 Å². The second kappa shape index (κ2) is 9.71. The van der Waals surface area contributed by atoms with Crippen LogP contribution in [-0.4, -0.2) is 10.2 Å². The van der Waals surface area contributed by atoms with Crippen LogP contribution in [0.4, 0.5) is 0 Å². The van der Waals surface area contributed by atoms with Crippen LogP contribution in [0.15, 0.2) is 35.2 Å². The Bertz CT molecular complexity index is 933.